The topological polar surface area (TPSA) is 243 Å². The van der Waals surface area contributed by atoms with E-state index in [1.54, 1.807) is 25.7 Å². The lowest BCUT2D eigenvalue weighted by Gasteiger charge is -2.40. The Morgan fingerprint density at radius 2 is 1.37 bits per heavy atom. The fourth-order valence-corrected chi connectivity index (χ4v) is 10.2. The second-order valence-electron chi connectivity index (χ2n) is 19.0. The molecule has 7 atom stereocenters. The fourth-order valence-electron chi connectivity index (χ4n) is 10.2. The maximum absolute atomic E-state index is 15.2. The smallest absolute Gasteiger partial charge is 0.336 e. The van der Waals surface area contributed by atoms with Gasteiger partial charge in [-0.2, -0.15) is 0 Å². The fraction of sp³-hybridized carbons (Fsp3) is 0.660. The Balaban J connectivity index is 1.41. The van der Waals surface area contributed by atoms with E-state index >= 15 is 4.79 Å². The van der Waals surface area contributed by atoms with Crippen LogP contribution < -0.4 is 27.0 Å². The van der Waals surface area contributed by atoms with E-state index in [1.807, 2.05) is 0 Å². The summed E-state index contributed by atoms with van der Waals surface area (Å²) < 4.78 is 4.66. The van der Waals surface area contributed by atoms with Crippen LogP contribution in [0.5, 0.6) is 0 Å². The lowest BCUT2D eigenvalue weighted by atomic mass is 9.81. The number of rotatable bonds is 17. The Morgan fingerprint density at radius 3 is 1.95 bits per heavy atom. The van der Waals surface area contributed by atoms with E-state index < -0.39 is 83.0 Å². The highest BCUT2D eigenvalue weighted by atomic mass is 16.5. The Hall–Kier alpha value is -5.28. The molecule has 1 heterocycles. The monoisotopic (exact) mass is 876 g/mol. The molecule has 1 aromatic rings. The highest BCUT2D eigenvalue weighted by molar-refractivity contribution is 6.06. The summed E-state index contributed by atoms with van der Waals surface area (Å²) in [6.07, 6.45) is 15.2. The van der Waals surface area contributed by atoms with Crippen LogP contribution in [-0.4, -0.2) is 101 Å². The third kappa shape index (κ3) is 12.7. The normalized spacial score (nSPS) is 22.7. The van der Waals surface area contributed by atoms with Gasteiger partial charge in [-0.05, 0) is 93.1 Å². The molecule has 4 fully saturated rings. The number of carboxylic acids is 1. The first kappa shape index (κ1) is 48.7. The molecule has 3 aliphatic carbocycles. The maximum Gasteiger partial charge on any atom is 0.336 e. The standard InChI is InChI=1S/C47H68N6O10/c1-47(2,3)39(52-42(57)33(24-14-16-26-36(54)63-4)49-41(56)31-22-12-13-23-32(31)46(61)62)45(60)53-34-25-15-11-21-30(34)27-35(53)43(58)51-38(29-19-9-6-10-20-29)44(59)50-37(40(48)55)28-17-7-5-8-18-28/h12-13,16,22-23,26,28-30,33-35,37-39H,5-11,14-15,17-21,24-25,27H2,1-4H3,(H2,48,55)(H,49,56)(H,50,59)(H,51,58)(H,52,57)(H,61,62)/b26-16+/t30?,33-,34?,35-,37-,38-,39+/m0/s1. The molecule has 5 rings (SSSR count). The minimum atomic E-state index is -1.33. The molecule has 346 valence electrons. The molecule has 0 bridgehead atoms. The molecule has 6 amide bonds. The SMILES string of the molecule is COC(=O)/C=C/CC[C@H](NC(=O)c1ccccc1C(=O)O)C(=O)N[C@H](C(=O)N1C2CCCCC2C[C@H]1C(=O)N[C@H](C(=O)N[C@H](C(N)=O)C1CCCCC1)C1CCCCC1)C(C)(C)C. The summed E-state index contributed by atoms with van der Waals surface area (Å²) >= 11 is 0. The molecule has 16 nitrogen and oxygen atoms in total. The quantitative estimate of drug-likeness (QED) is 0.0958. The van der Waals surface area contributed by atoms with Gasteiger partial charge in [-0.1, -0.05) is 90.3 Å². The predicted octanol–water partition coefficient (Wildman–Crippen LogP) is 4.30. The van der Waals surface area contributed by atoms with E-state index in [-0.39, 0.29) is 47.8 Å². The van der Waals surface area contributed by atoms with Crippen molar-refractivity contribution in [1.29, 1.82) is 0 Å². The van der Waals surface area contributed by atoms with Gasteiger partial charge < -0.3 is 41.7 Å². The van der Waals surface area contributed by atoms with Crippen LogP contribution in [0.15, 0.2) is 36.4 Å². The van der Waals surface area contributed by atoms with Crippen molar-refractivity contribution in [3.8, 4) is 0 Å². The molecule has 1 saturated heterocycles. The number of aromatic carboxylic acids is 1. The van der Waals surface area contributed by atoms with E-state index in [9.17, 15) is 38.7 Å². The van der Waals surface area contributed by atoms with Crippen LogP contribution in [0.4, 0.5) is 0 Å². The summed E-state index contributed by atoms with van der Waals surface area (Å²) in [7, 11) is 1.22. The van der Waals surface area contributed by atoms with Gasteiger partial charge in [-0.25, -0.2) is 9.59 Å². The zero-order valence-corrected chi connectivity index (χ0v) is 37.3. The van der Waals surface area contributed by atoms with Gasteiger partial charge in [0, 0.05) is 12.1 Å². The lowest BCUT2D eigenvalue weighted by molar-refractivity contribution is -0.147. The molecule has 3 saturated carbocycles. The first-order chi connectivity index (χ1) is 30.0. The molecule has 0 spiro atoms. The van der Waals surface area contributed by atoms with Gasteiger partial charge in [0.1, 0.15) is 30.2 Å². The Morgan fingerprint density at radius 1 is 0.778 bits per heavy atom. The largest absolute Gasteiger partial charge is 0.478 e. The average molecular weight is 877 g/mol. The first-order valence-corrected chi connectivity index (χ1v) is 22.9. The molecule has 4 aliphatic rings. The number of esters is 1. The van der Waals surface area contributed by atoms with Crippen molar-refractivity contribution in [2.24, 2.45) is 28.9 Å². The van der Waals surface area contributed by atoms with Crippen LogP contribution in [0.1, 0.15) is 151 Å². The summed E-state index contributed by atoms with van der Waals surface area (Å²) in [4.78, 5) is 110. The first-order valence-electron chi connectivity index (χ1n) is 22.9. The number of carbonyl (C=O) groups is 8. The van der Waals surface area contributed by atoms with E-state index in [1.165, 1.54) is 43.5 Å². The number of amides is 6. The number of fused-ring (bicyclic) bond motifs is 1. The number of likely N-dealkylation sites (tertiary alicyclic amines) is 1. The molecule has 0 radical (unpaired) electrons. The van der Waals surface area contributed by atoms with Crippen molar-refractivity contribution in [2.45, 2.75) is 166 Å². The molecule has 16 heteroatoms. The third-order valence-corrected chi connectivity index (χ3v) is 13.6. The number of carbonyl (C=O) groups excluding carboxylic acids is 7. The number of primary amides is 1. The van der Waals surface area contributed by atoms with Crippen molar-refractivity contribution in [3.05, 3.63) is 47.5 Å². The maximum atomic E-state index is 15.2. The number of ether oxygens (including phenoxy) is 1. The Kier molecular flexibility index (Phi) is 17.3. The zero-order chi connectivity index (χ0) is 45.8. The summed E-state index contributed by atoms with van der Waals surface area (Å²) in [6.45, 7) is 5.38. The number of methoxy groups -OCH3 is 1. The Bertz CT molecular complexity index is 1870. The number of hydrogen-bond donors (Lipinski definition) is 6. The van der Waals surface area contributed by atoms with Gasteiger partial charge in [-0.15, -0.1) is 0 Å². The van der Waals surface area contributed by atoms with Gasteiger partial charge >= 0.3 is 11.9 Å². The summed E-state index contributed by atoms with van der Waals surface area (Å²) in [5, 5.41) is 21.3. The van der Waals surface area contributed by atoms with Gasteiger partial charge in [0.15, 0.2) is 0 Å². The van der Waals surface area contributed by atoms with Gasteiger partial charge in [-0.3, -0.25) is 28.8 Å². The van der Waals surface area contributed by atoms with Crippen molar-refractivity contribution in [1.82, 2.24) is 26.2 Å². The van der Waals surface area contributed by atoms with Gasteiger partial charge in [0.2, 0.25) is 29.5 Å². The molecule has 1 aliphatic heterocycles. The van der Waals surface area contributed by atoms with Gasteiger partial charge in [0.05, 0.1) is 18.2 Å². The summed E-state index contributed by atoms with van der Waals surface area (Å²) in [5.41, 5.74) is 4.54. The van der Waals surface area contributed by atoms with E-state index in [0.717, 1.165) is 83.5 Å². The van der Waals surface area contributed by atoms with Crippen LogP contribution in [0, 0.1) is 23.2 Å². The predicted molar refractivity (Wildman–Crippen MR) is 234 cm³/mol. The molecular weight excluding hydrogens is 809 g/mol. The number of nitrogens with zero attached hydrogens (tertiary/aromatic N) is 1. The van der Waals surface area contributed by atoms with Crippen molar-refractivity contribution < 1.29 is 48.2 Å². The number of nitrogens with one attached hydrogen (secondary N) is 4. The number of benzene rings is 1. The summed E-state index contributed by atoms with van der Waals surface area (Å²) in [5.74, 6) is -5.68. The number of hydrogen-bond acceptors (Lipinski definition) is 9. The zero-order valence-electron chi connectivity index (χ0n) is 37.3. The van der Waals surface area contributed by atoms with Crippen molar-refractivity contribution in [2.75, 3.05) is 7.11 Å². The highest BCUT2D eigenvalue weighted by Gasteiger charge is 2.51. The van der Waals surface area contributed by atoms with Crippen LogP contribution in [0.3, 0.4) is 0 Å². The number of carboxylic acid groups (broad SMARTS) is 1. The van der Waals surface area contributed by atoms with Crippen molar-refractivity contribution in [3.63, 3.8) is 0 Å². The molecule has 0 aromatic heterocycles. The van der Waals surface area contributed by atoms with Crippen LogP contribution in [0.25, 0.3) is 0 Å². The Labute approximate surface area is 370 Å². The number of nitrogens with two attached hydrogens (primary N) is 1. The van der Waals surface area contributed by atoms with Crippen molar-refractivity contribution >= 4 is 47.4 Å². The molecule has 7 N–H and O–H groups in total. The third-order valence-electron chi connectivity index (χ3n) is 13.6. The lowest BCUT2D eigenvalue weighted by Crippen LogP contribution is -2.63. The summed E-state index contributed by atoms with van der Waals surface area (Å²) in [6, 6.07) is 0.121. The second kappa shape index (κ2) is 22.4. The van der Waals surface area contributed by atoms with Crippen LogP contribution in [0.2, 0.25) is 0 Å². The van der Waals surface area contributed by atoms with Crippen LogP contribution in [-0.2, 0) is 33.5 Å². The molecule has 63 heavy (non-hydrogen) atoms. The van der Waals surface area contributed by atoms with E-state index in [4.69, 9.17) is 5.73 Å². The highest BCUT2D eigenvalue weighted by Crippen LogP contribution is 2.41. The molecular formula is C47H68N6O10. The van der Waals surface area contributed by atoms with E-state index in [2.05, 4.69) is 26.0 Å². The number of allylic oxidation sites excluding steroid dienone is 1. The van der Waals surface area contributed by atoms with E-state index in [0.29, 0.717) is 12.8 Å². The average Bonchev–Trinajstić information content (AvgIpc) is 3.67. The molecule has 2 unspecified atom stereocenters. The van der Waals surface area contributed by atoms with Crippen LogP contribution >= 0.6 is 0 Å². The molecule has 1 aromatic carbocycles. The second-order valence-corrected chi connectivity index (χ2v) is 19.0. The minimum absolute atomic E-state index is 0.0187. The minimum Gasteiger partial charge on any atom is -0.478 e. The van der Waals surface area contributed by atoms with Gasteiger partial charge in [0.25, 0.3) is 5.91 Å².